The highest BCUT2D eigenvalue weighted by molar-refractivity contribution is 5.93. The third-order valence-electron chi connectivity index (χ3n) is 3.72. The summed E-state index contributed by atoms with van der Waals surface area (Å²) >= 11 is 0. The minimum atomic E-state index is 0.0673. The number of anilines is 1. The van der Waals surface area contributed by atoms with E-state index >= 15 is 0 Å². The van der Waals surface area contributed by atoms with Gasteiger partial charge in [-0.25, -0.2) is 0 Å². The molecule has 1 fully saturated rings. The molecule has 0 aromatic heterocycles. The smallest absolute Gasteiger partial charge is 0.228 e. The van der Waals surface area contributed by atoms with Crippen LogP contribution in [0.1, 0.15) is 25.3 Å². The lowest BCUT2D eigenvalue weighted by atomic mass is 9.94. The van der Waals surface area contributed by atoms with Gasteiger partial charge in [-0.15, -0.1) is 0 Å². The van der Waals surface area contributed by atoms with Gasteiger partial charge in [0, 0.05) is 18.3 Å². The van der Waals surface area contributed by atoms with E-state index in [4.69, 9.17) is 4.74 Å². The number of aryl methyl sites for hydroxylation is 1. The predicted molar refractivity (Wildman–Crippen MR) is 76.5 cm³/mol. The fourth-order valence-electron chi connectivity index (χ4n) is 2.36. The number of carbonyl (C=O) groups is 1. The van der Waals surface area contributed by atoms with Crippen LogP contribution in [-0.2, 0) is 4.79 Å². The van der Waals surface area contributed by atoms with Crippen molar-refractivity contribution >= 4 is 11.6 Å². The quantitative estimate of drug-likeness (QED) is 0.879. The second-order valence-electron chi connectivity index (χ2n) is 5.25. The van der Waals surface area contributed by atoms with Crippen LogP contribution in [0.5, 0.6) is 5.75 Å². The molecule has 1 aromatic rings. The number of nitrogens with one attached hydrogen (secondary N) is 2. The van der Waals surface area contributed by atoms with Crippen LogP contribution in [0, 0.1) is 12.8 Å². The first-order valence-electron chi connectivity index (χ1n) is 6.79. The summed E-state index contributed by atoms with van der Waals surface area (Å²) in [6, 6.07) is 6.21. The second-order valence-corrected chi connectivity index (χ2v) is 5.25. The highest BCUT2D eigenvalue weighted by atomic mass is 16.5. The molecule has 1 amide bonds. The molecule has 0 radical (unpaired) electrons. The molecule has 4 nitrogen and oxygen atoms in total. The van der Waals surface area contributed by atoms with E-state index in [1.807, 2.05) is 25.1 Å². The standard InChI is InChI=1S/C15H22N2O2/c1-10-8-13(19-3)6-7-14(10)17-15(18)12-5-4-11(2)16-9-12/h6-8,11-12,16H,4-5,9H2,1-3H3,(H,17,18). The monoisotopic (exact) mass is 262 g/mol. The lowest BCUT2D eigenvalue weighted by molar-refractivity contribution is -0.120. The summed E-state index contributed by atoms with van der Waals surface area (Å²) in [5.74, 6) is 0.981. The fourth-order valence-corrected chi connectivity index (χ4v) is 2.36. The van der Waals surface area contributed by atoms with E-state index in [9.17, 15) is 4.79 Å². The van der Waals surface area contributed by atoms with Crippen molar-refractivity contribution in [1.82, 2.24) is 5.32 Å². The van der Waals surface area contributed by atoms with Crippen LogP contribution in [0.15, 0.2) is 18.2 Å². The van der Waals surface area contributed by atoms with Gasteiger partial charge in [-0.05, 0) is 50.5 Å². The molecule has 2 rings (SSSR count). The number of carbonyl (C=O) groups excluding carboxylic acids is 1. The van der Waals surface area contributed by atoms with Crippen molar-refractivity contribution in [1.29, 1.82) is 0 Å². The van der Waals surface area contributed by atoms with Crippen molar-refractivity contribution in [3.63, 3.8) is 0 Å². The number of methoxy groups -OCH3 is 1. The van der Waals surface area contributed by atoms with Crippen molar-refractivity contribution in [3.8, 4) is 5.75 Å². The van der Waals surface area contributed by atoms with E-state index in [1.165, 1.54) is 0 Å². The van der Waals surface area contributed by atoms with Crippen LogP contribution in [0.2, 0.25) is 0 Å². The van der Waals surface area contributed by atoms with Gasteiger partial charge >= 0.3 is 0 Å². The van der Waals surface area contributed by atoms with Crippen LogP contribution >= 0.6 is 0 Å². The number of ether oxygens (including phenoxy) is 1. The first-order chi connectivity index (χ1) is 9.10. The normalized spacial score (nSPS) is 22.9. The van der Waals surface area contributed by atoms with Crippen LogP contribution in [-0.4, -0.2) is 25.6 Å². The molecular weight excluding hydrogens is 240 g/mol. The van der Waals surface area contributed by atoms with Gasteiger partial charge in [0.25, 0.3) is 0 Å². The third-order valence-corrected chi connectivity index (χ3v) is 3.72. The topological polar surface area (TPSA) is 50.4 Å². The number of hydrogen-bond donors (Lipinski definition) is 2. The number of piperidine rings is 1. The van der Waals surface area contributed by atoms with Crippen molar-refractivity contribution in [2.45, 2.75) is 32.7 Å². The Labute approximate surface area is 114 Å². The SMILES string of the molecule is COc1ccc(NC(=O)C2CCC(C)NC2)c(C)c1. The zero-order valence-electron chi connectivity index (χ0n) is 11.8. The van der Waals surface area contributed by atoms with E-state index in [0.29, 0.717) is 6.04 Å². The Kier molecular flexibility index (Phi) is 4.43. The molecule has 0 saturated carbocycles. The summed E-state index contributed by atoms with van der Waals surface area (Å²) < 4.78 is 5.16. The van der Waals surface area contributed by atoms with E-state index in [2.05, 4.69) is 17.6 Å². The van der Waals surface area contributed by atoms with Gasteiger partial charge in [-0.2, -0.15) is 0 Å². The molecule has 1 saturated heterocycles. The van der Waals surface area contributed by atoms with Gasteiger partial charge in [-0.3, -0.25) is 4.79 Å². The van der Waals surface area contributed by atoms with Crippen LogP contribution in [0.3, 0.4) is 0 Å². The Morgan fingerprint density at radius 3 is 2.79 bits per heavy atom. The van der Waals surface area contributed by atoms with Crippen molar-refractivity contribution < 1.29 is 9.53 Å². The van der Waals surface area contributed by atoms with Crippen LogP contribution < -0.4 is 15.4 Å². The molecule has 1 aromatic carbocycles. The molecule has 104 valence electrons. The molecule has 1 aliphatic rings. The Morgan fingerprint density at radius 1 is 1.42 bits per heavy atom. The largest absolute Gasteiger partial charge is 0.497 e. The van der Waals surface area contributed by atoms with E-state index in [1.54, 1.807) is 7.11 Å². The second kappa shape index (κ2) is 6.06. The van der Waals surface area contributed by atoms with E-state index < -0.39 is 0 Å². The average molecular weight is 262 g/mol. The summed E-state index contributed by atoms with van der Waals surface area (Å²) in [7, 11) is 1.64. The number of benzene rings is 1. The molecule has 19 heavy (non-hydrogen) atoms. The van der Waals surface area contributed by atoms with Gasteiger partial charge in [0.15, 0.2) is 0 Å². The van der Waals surface area contributed by atoms with Gasteiger partial charge < -0.3 is 15.4 Å². The Balaban J connectivity index is 1.99. The van der Waals surface area contributed by atoms with Gasteiger partial charge in [-0.1, -0.05) is 0 Å². The zero-order valence-corrected chi connectivity index (χ0v) is 11.8. The molecule has 4 heteroatoms. The minimum Gasteiger partial charge on any atom is -0.497 e. The molecule has 2 unspecified atom stereocenters. The number of hydrogen-bond acceptors (Lipinski definition) is 3. The van der Waals surface area contributed by atoms with Crippen LogP contribution in [0.4, 0.5) is 5.69 Å². The van der Waals surface area contributed by atoms with Crippen molar-refractivity contribution in [2.75, 3.05) is 19.0 Å². The lowest BCUT2D eigenvalue weighted by Gasteiger charge is -2.27. The summed E-state index contributed by atoms with van der Waals surface area (Å²) in [6.07, 6.45) is 2.01. The van der Waals surface area contributed by atoms with Crippen molar-refractivity contribution in [2.24, 2.45) is 5.92 Å². The Bertz CT molecular complexity index is 451. The maximum absolute atomic E-state index is 12.2. The molecule has 1 heterocycles. The zero-order chi connectivity index (χ0) is 13.8. The predicted octanol–water partition coefficient (Wildman–Crippen LogP) is 2.33. The maximum Gasteiger partial charge on any atom is 0.228 e. The van der Waals surface area contributed by atoms with Gasteiger partial charge in [0.2, 0.25) is 5.91 Å². The average Bonchev–Trinajstić information content (AvgIpc) is 2.41. The van der Waals surface area contributed by atoms with Crippen LogP contribution in [0.25, 0.3) is 0 Å². The molecule has 2 N–H and O–H groups in total. The summed E-state index contributed by atoms with van der Waals surface area (Å²) in [5, 5.41) is 6.36. The summed E-state index contributed by atoms with van der Waals surface area (Å²) in [4.78, 5) is 12.2. The highest BCUT2D eigenvalue weighted by Gasteiger charge is 2.24. The first-order valence-corrected chi connectivity index (χ1v) is 6.79. The molecule has 0 bridgehead atoms. The molecular formula is C15H22N2O2. The lowest BCUT2D eigenvalue weighted by Crippen LogP contribution is -2.41. The molecule has 0 spiro atoms. The summed E-state index contributed by atoms with van der Waals surface area (Å²) in [6.45, 7) is 4.89. The molecule has 2 atom stereocenters. The maximum atomic E-state index is 12.2. The minimum absolute atomic E-state index is 0.0673. The fraction of sp³-hybridized carbons (Fsp3) is 0.533. The van der Waals surface area contributed by atoms with E-state index in [-0.39, 0.29) is 11.8 Å². The molecule has 0 aliphatic carbocycles. The first kappa shape index (κ1) is 13.9. The van der Waals surface area contributed by atoms with Gasteiger partial charge in [0.05, 0.1) is 13.0 Å². The Morgan fingerprint density at radius 2 is 2.21 bits per heavy atom. The Hall–Kier alpha value is -1.55. The number of amides is 1. The highest BCUT2D eigenvalue weighted by Crippen LogP contribution is 2.23. The summed E-state index contributed by atoms with van der Waals surface area (Å²) in [5.41, 5.74) is 1.88. The third kappa shape index (κ3) is 3.47. The van der Waals surface area contributed by atoms with Crippen molar-refractivity contribution in [3.05, 3.63) is 23.8 Å². The van der Waals surface area contributed by atoms with Gasteiger partial charge in [0.1, 0.15) is 5.75 Å². The van der Waals surface area contributed by atoms with E-state index in [0.717, 1.165) is 36.4 Å². The molecule has 1 aliphatic heterocycles. The number of rotatable bonds is 3.